The molecule has 1 N–H and O–H groups in total. The average molecular weight is 297 g/mol. The van der Waals surface area contributed by atoms with Gasteiger partial charge in [0.05, 0.1) is 6.04 Å². The van der Waals surface area contributed by atoms with Gasteiger partial charge in [-0.1, -0.05) is 72.8 Å². The molecule has 112 valence electrons. The lowest BCUT2D eigenvalue weighted by atomic mass is 9.76. The Hall–Kier alpha value is -2.54. The number of anilines is 1. The largest absolute Gasteiger partial charge is 0.378 e. The summed E-state index contributed by atoms with van der Waals surface area (Å²) in [6.07, 6.45) is 1.15. The minimum absolute atomic E-state index is 0.378. The smallest absolute Gasteiger partial charge is 0.0554 e. The van der Waals surface area contributed by atoms with Crippen molar-refractivity contribution in [2.24, 2.45) is 5.92 Å². The SMILES string of the molecule is c1ccc([C@@H]2Nc3ccccc3[C@@H]3c4ccccc4C[C@@H]32)cc1. The molecule has 0 spiro atoms. The number of hydrogen-bond donors (Lipinski definition) is 1. The van der Waals surface area contributed by atoms with Crippen molar-refractivity contribution in [2.75, 3.05) is 5.32 Å². The van der Waals surface area contributed by atoms with Gasteiger partial charge < -0.3 is 5.32 Å². The van der Waals surface area contributed by atoms with E-state index in [-0.39, 0.29) is 0 Å². The van der Waals surface area contributed by atoms with Crippen LogP contribution in [0.15, 0.2) is 78.9 Å². The van der Waals surface area contributed by atoms with E-state index in [1.807, 2.05) is 0 Å². The quantitative estimate of drug-likeness (QED) is 0.654. The number of rotatable bonds is 1. The Labute approximate surface area is 137 Å². The van der Waals surface area contributed by atoms with E-state index < -0.39 is 0 Å². The van der Waals surface area contributed by atoms with Crippen molar-refractivity contribution in [1.82, 2.24) is 0 Å². The molecular weight excluding hydrogens is 278 g/mol. The van der Waals surface area contributed by atoms with Crippen LogP contribution in [0.3, 0.4) is 0 Å². The van der Waals surface area contributed by atoms with Gasteiger partial charge in [0.25, 0.3) is 0 Å². The second-order valence-corrected chi connectivity index (χ2v) is 6.66. The molecule has 3 aromatic rings. The standard InChI is InChI=1S/C22H19N/c1-2-8-15(9-3-1)22-19-14-16-10-4-5-11-17(16)21(19)18-12-6-7-13-20(18)23-22/h1-13,19,21-23H,14H2/t19-,21-,22-/m0/s1. The highest BCUT2D eigenvalue weighted by Crippen LogP contribution is 2.53. The molecule has 2 aliphatic rings. The molecule has 0 saturated carbocycles. The van der Waals surface area contributed by atoms with Gasteiger partial charge in [-0.05, 0) is 40.7 Å². The average Bonchev–Trinajstić information content (AvgIpc) is 3.01. The van der Waals surface area contributed by atoms with E-state index in [0.29, 0.717) is 17.9 Å². The molecule has 0 bridgehead atoms. The predicted molar refractivity (Wildman–Crippen MR) is 94.7 cm³/mol. The first kappa shape index (κ1) is 13.0. The van der Waals surface area contributed by atoms with E-state index in [9.17, 15) is 0 Å². The second-order valence-electron chi connectivity index (χ2n) is 6.66. The molecule has 0 radical (unpaired) electrons. The molecule has 1 heterocycles. The molecule has 0 amide bonds. The van der Waals surface area contributed by atoms with E-state index in [1.165, 1.54) is 27.9 Å². The van der Waals surface area contributed by atoms with Gasteiger partial charge in [-0.2, -0.15) is 0 Å². The van der Waals surface area contributed by atoms with Crippen LogP contribution in [-0.4, -0.2) is 0 Å². The fourth-order valence-electron chi connectivity index (χ4n) is 4.50. The monoisotopic (exact) mass is 297 g/mol. The molecule has 0 saturated heterocycles. The number of hydrogen-bond acceptors (Lipinski definition) is 1. The summed E-state index contributed by atoms with van der Waals surface area (Å²) in [5, 5.41) is 3.82. The Morgan fingerprint density at radius 1 is 0.696 bits per heavy atom. The normalized spacial score (nSPS) is 24.3. The number of para-hydroxylation sites is 1. The van der Waals surface area contributed by atoms with E-state index >= 15 is 0 Å². The number of nitrogens with one attached hydrogen (secondary N) is 1. The zero-order chi connectivity index (χ0) is 15.2. The van der Waals surface area contributed by atoms with Crippen LogP contribution in [0.25, 0.3) is 0 Å². The van der Waals surface area contributed by atoms with Gasteiger partial charge in [-0.15, -0.1) is 0 Å². The van der Waals surface area contributed by atoms with Crippen molar-refractivity contribution in [3.63, 3.8) is 0 Å². The first-order valence-corrected chi connectivity index (χ1v) is 8.40. The molecule has 0 fully saturated rings. The zero-order valence-electron chi connectivity index (χ0n) is 12.9. The Kier molecular flexibility index (Phi) is 2.81. The lowest BCUT2D eigenvalue weighted by Crippen LogP contribution is -2.30. The van der Waals surface area contributed by atoms with E-state index in [1.54, 1.807) is 0 Å². The van der Waals surface area contributed by atoms with Crippen LogP contribution in [0.5, 0.6) is 0 Å². The van der Waals surface area contributed by atoms with Crippen molar-refractivity contribution in [1.29, 1.82) is 0 Å². The highest BCUT2D eigenvalue weighted by atomic mass is 15.0. The lowest BCUT2D eigenvalue weighted by Gasteiger charge is -2.38. The minimum atomic E-state index is 0.378. The summed E-state index contributed by atoms with van der Waals surface area (Å²) in [4.78, 5) is 0. The van der Waals surface area contributed by atoms with Gasteiger partial charge in [0.15, 0.2) is 0 Å². The summed E-state index contributed by atoms with van der Waals surface area (Å²) in [5.74, 6) is 1.10. The fraction of sp³-hybridized carbons (Fsp3) is 0.182. The maximum absolute atomic E-state index is 3.82. The van der Waals surface area contributed by atoms with Crippen molar-refractivity contribution in [3.05, 3.63) is 101 Å². The molecule has 0 unspecified atom stereocenters. The summed E-state index contributed by atoms with van der Waals surface area (Å²) >= 11 is 0. The molecular formula is C22H19N. The maximum Gasteiger partial charge on any atom is 0.0554 e. The summed E-state index contributed by atoms with van der Waals surface area (Å²) in [5.41, 5.74) is 7.17. The minimum Gasteiger partial charge on any atom is -0.378 e. The Bertz CT molecular complexity index is 853. The molecule has 1 aliphatic heterocycles. The third-order valence-electron chi connectivity index (χ3n) is 5.47. The predicted octanol–water partition coefficient (Wildman–Crippen LogP) is 5.16. The van der Waals surface area contributed by atoms with Crippen LogP contribution in [0.2, 0.25) is 0 Å². The van der Waals surface area contributed by atoms with Crippen molar-refractivity contribution in [3.8, 4) is 0 Å². The summed E-state index contributed by atoms with van der Waals surface area (Å²) in [7, 11) is 0. The van der Waals surface area contributed by atoms with Crippen LogP contribution < -0.4 is 5.32 Å². The highest BCUT2D eigenvalue weighted by molar-refractivity contribution is 5.62. The molecule has 5 rings (SSSR count). The number of benzene rings is 3. The third kappa shape index (κ3) is 1.93. The highest BCUT2D eigenvalue weighted by Gasteiger charge is 2.42. The Balaban J connectivity index is 1.70. The van der Waals surface area contributed by atoms with Crippen LogP contribution >= 0.6 is 0 Å². The molecule has 3 atom stereocenters. The lowest BCUT2D eigenvalue weighted by molar-refractivity contribution is 0.421. The summed E-state index contributed by atoms with van der Waals surface area (Å²) in [6, 6.07) is 29.1. The molecule has 3 aromatic carbocycles. The van der Waals surface area contributed by atoms with Gasteiger partial charge >= 0.3 is 0 Å². The van der Waals surface area contributed by atoms with E-state index in [4.69, 9.17) is 0 Å². The van der Waals surface area contributed by atoms with Crippen LogP contribution in [-0.2, 0) is 6.42 Å². The number of fused-ring (bicyclic) bond motifs is 5. The van der Waals surface area contributed by atoms with Crippen LogP contribution in [0.1, 0.15) is 34.2 Å². The fourth-order valence-corrected chi connectivity index (χ4v) is 4.50. The molecule has 1 aliphatic carbocycles. The topological polar surface area (TPSA) is 12.0 Å². The van der Waals surface area contributed by atoms with Crippen LogP contribution in [0.4, 0.5) is 5.69 Å². The molecule has 1 heteroatoms. The van der Waals surface area contributed by atoms with Gasteiger partial charge in [0.1, 0.15) is 0 Å². The molecule has 0 aromatic heterocycles. The first-order valence-electron chi connectivity index (χ1n) is 8.40. The van der Waals surface area contributed by atoms with Crippen molar-refractivity contribution < 1.29 is 0 Å². The molecule has 1 nitrogen and oxygen atoms in total. The summed E-state index contributed by atoms with van der Waals surface area (Å²) < 4.78 is 0. The first-order chi connectivity index (χ1) is 11.4. The maximum atomic E-state index is 3.82. The van der Waals surface area contributed by atoms with Crippen molar-refractivity contribution in [2.45, 2.75) is 18.4 Å². The van der Waals surface area contributed by atoms with Gasteiger partial charge in [0.2, 0.25) is 0 Å². The van der Waals surface area contributed by atoms with Crippen molar-refractivity contribution >= 4 is 5.69 Å². The summed E-state index contributed by atoms with van der Waals surface area (Å²) in [6.45, 7) is 0. The van der Waals surface area contributed by atoms with Crippen LogP contribution in [0, 0.1) is 5.92 Å². The van der Waals surface area contributed by atoms with Gasteiger partial charge in [-0.3, -0.25) is 0 Å². The Morgan fingerprint density at radius 3 is 2.26 bits per heavy atom. The van der Waals surface area contributed by atoms with E-state index in [2.05, 4.69) is 84.2 Å². The zero-order valence-corrected chi connectivity index (χ0v) is 12.9. The molecule has 23 heavy (non-hydrogen) atoms. The van der Waals surface area contributed by atoms with Gasteiger partial charge in [-0.25, -0.2) is 0 Å². The third-order valence-corrected chi connectivity index (χ3v) is 5.47. The second kappa shape index (κ2) is 4.99. The Morgan fingerprint density at radius 2 is 1.39 bits per heavy atom. The van der Waals surface area contributed by atoms with E-state index in [0.717, 1.165) is 6.42 Å². The van der Waals surface area contributed by atoms with Gasteiger partial charge in [0, 0.05) is 11.6 Å².